The Hall–Kier alpha value is -0.900. The molecule has 0 aliphatic heterocycles. The lowest BCUT2D eigenvalue weighted by Gasteiger charge is -2.17. The van der Waals surface area contributed by atoms with Gasteiger partial charge in [-0.2, -0.15) is 0 Å². The molecule has 2 aromatic carbocycles. The number of rotatable bonds is 2. The van der Waals surface area contributed by atoms with Crippen molar-refractivity contribution in [2.45, 2.75) is 18.9 Å². The van der Waals surface area contributed by atoms with E-state index in [-0.39, 0.29) is 6.04 Å². The minimum absolute atomic E-state index is 0.145. The summed E-state index contributed by atoms with van der Waals surface area (Å²) in [6.45, 7) is 0. The molecule has 104 valence electrons. The van der Waals surface area contributed by atoms with Crippen LogP contribution in [0.25, 0.3) is 0 Å². The van der Waals surface area contributed by atoms with Crippen LogP contribution in [0.15, 0.2) is 34.8 Å². The molecule has 5 heteroatoms. The Morgan fingerprint density at radius 3 is 2.75 bits per heavy atom. The lowest BCUT2D eigenvalue weighted by Crippen LogP contribution is -2.07. The Bertz CT molecular complexity index is 675. The first-order valence-electron chi connectivity index (χ1n) is 6.28. The fourth-order valence-corrected chi connectivity index (χ4v) is 3.44. The maximum absolute atomic E-state index is 9.87. The van der Waals surface area contributed by atoms with E-state index < -0.39 is 0 Å². The number of phenols is 1. The highest BCUT2D eigenvalue weighted by Gasteiger charge is 2.25. The molecule has 0 aromatic heterocycles. The van der Waals surface area contributed by atoms with E-state index in [2.05, 4.69) is 21.2 Å². The standard InChI is InChI=1S/C15H12BrCl2NO/c16-10-5-7-12(15(18)14(10)17)19-11-6-4-9-8(11)2-1-3-13(9)20/h1-3,5,7,11,19-20H,4,6H2. The Balaban J connectivity index is 1.92. The van der Waals surface area contributed by atoms with Crippen LogP contribution in [0.4, 0.5) is 5.69 Å². The number of hydrogen-bond donors (Lipinski definition) is 2. The summed E-state index contributed by atoms with van der Waals surface area (Å²) in [4.78, 5) is 0. The molecule has 1 aliphatic rings. The number of aromatic hydroxyl groups is 1. The number of halogens is 3. The van der Waals surface area contributed by atoms with Crippen molar-refractivity contribution in [1.82, 2.24) is 0 Å². The predicted octanol–water partition coefficient (Wildman–Crippen LogP) is 5.56. The van der Waals surface area contributed by atoms with Crippen LogP contribution < -0.4 is 5.32 Å². The van der Waals surface area contributed by atoms with Gasteiger partial charge in [-0.3, -0.25) is 0 Å². The Morgan fingerprint density at radius 1 is 1.15 bits per heavy atom. The van der Waals surface area contributed by atoms with Crippen molar-refractivity contribution in [2.75, 3.05) is 5.32 Å². The summed E-state index contributed by atoms with van der Waals surface area (Å²) in [6, 6.07) is 9.55. The number of anilines is 1. The van der Waals surface area contributed by atoms with E-state index >= 15 is 0 Å². The summed E-state index contributed by atoms with van der Waals surface area (Å²) < 4.78 is 0.777. The highest BCUT2D eigenvalue weighted by atomic mass is 79.9. The third-order valence-electron chi connectivity index (χ3n) is 3.61. The molecule has 0 saturated carbocycles. The van der Waals surface area contributed by atoms with Gasteiger partial charge in [0, 0.05) is 4.47 Å². The third kappa shape index (κ3) is 2.39. The summed E-state index contributed by atoms with van der Waals surface area (Å²) in [6.07, 6.45) is 1.79. The van der Waals surface area contributed by atoms with Crippen LogP contribution in [0.2, 0.25) is 10.0 Å². The summed E-state index contributed by atoms with van der Waals surface area (Å²) in [5, 5.41) is 14.3. The second kappa shape index (κ2) is 5.47. The minimum Gasteiger partial charge on any atom is -0.508 e. The van der Waals surface area contributed by atoms with Gasteiger partial charge in [0.15, 0.2) is 0 Å². The quantitative estimate of drug-likeness (QED) is 0.676. The minimum atomic E-state index is 0.145. The van der Waals surface area contributed by atoms with Crippen molar-refractivity contribution in [2.24, 2.45) is 0 Å². The fourth-order valence-electron chi connectivity index (χ4n) is 2.61. The monoisotopic (exact) mass is 371 g/mol. The Morgan fingerprint density at radius 2 is 1.95 bits per heavy atom. The zero-order chi connectivity index (χ0) is 14.3. The van der Waals surface area contributed by atoms with Gasteiger partial charge in [0.25, 0.3) is 0 Å². The lowest BCUT2D eigenvalue weighted by molar-refractivity contribution is 0.469. The van der Waals surface area contributed by atoms with E-state index in [1.54, 1.807) is 6.07 Å². The smallest absolute Gasteiger partial charge is 0.119 e. The molecular weight excluding hydrogens is 361 g/mol. The summed E-state index contributed by atoms with van der Waals surface area (Å²) in [7, 11) is 0. The van der Waals surface area contributed by atoms with Crippen molar-refractivity contribution in [3.8, 4) is 5.75 Å². The molecule has 1 atom stereocenters. The van der Waals surface area contributed by atoms with E-state index in [4.69, 9.17) is 23.2 Å². The van der Waals surface area contributed by atoms with Crippen molar-refractivity contribution < 1.29 is 5.11 Å². The zero-order valence-corrected chi connectivity index (χ0v) is 13.6. The molecule has 3 rings (SSSR count). The second-order valence-corrected chi connectivity index (χ2v) is 6.41. The van der Waals surface area contributed by atoms with Gasteiger partial charge in [-0.05, 0) is 58.1 Å². The summed E-state index contributed by atoms with van der Waals surface area (Å²) in [5.41, 5.74) is 2.95. The van der Waals surface area contributed by atoms with E-state index in [0.29, 0.717) is 15.8 Å². The van der Waals surface area contributed by atoms with Gasteiger partial charge in [0.05, 0.1) is 21.8 Å². The van der Waals surface area contributed by atoms with Gasteiger partial charge in [0.1, 0.15) is 5.75 Å². The third-order valence-corrected chi connectivity index (χ3v) is 5.38. The van der Waals surface area contributed by atoms with Crippen molar-refractivity contribution in [1.29, 1.82) is 0 Å². The van der Waals surface area contributed by atoms with Crippen LogP contribution >= 0.6 is 39.1 Å². The van der Waals surface area contributed by atoms with Crippen molar-refractivity contribution in [3.63, 3.8) is 0 Å². The van der Waals surface area contributed by atoms with Crippen LogP contribution in [-0.4, -0.2) is 5.11 Å². The van der Waals surface area contributed by atoms with E-state index in [9.17, 15) is 5.11 Å². The first-order valence-corrected chi connectivity index (χ1v) is 7.83. The maximum Gasteiger partial charge on any atom is 0.119 e. The van der Waals surface area contributed by atoms with Crippen molar-refractivity contribution >= 4 is 44.8 Å². The van der Waals surface area contributed by atoms with Crippen molar-refractivity contribution in [3.05, 3.63) is 56.0 Å². The lowest BCUT2D eigenvalue weighted by atomic mass is 10.1. The normalized spacial score (nSPS) is 17.1. The van der Waals surface area contributed by atoms with E-state index in [1.807, 2.05) is 24.3 Å². The molecule has 0 heterocycles. The first kappa shape index (κ1) is 14.1. The molecule has 1 aliphatic carbocycles. The molecule has 0 amide bonds. The molecule has 20 heavy (non-hydrogen) atoms. The number of benzene rings is 2. The van der Waals surface area contributed by atoms with Crippen LogP contribution in [0.1, 0.15) is 23.6 Å². The van der Waals surface area contributed by atoms with E-state index in [1.165, 1.54) is 0 Å². The molecule has 0 fully saturated rings. The SMILES string of the molecule is Oc1cccc2c1CCC2Nc1ccc(Br)c(Cl)c1Cl. The number of phenolic OH excluding ortho intramolecular Hbond substituents is 1. The Labute approximate surface area is 135 Å². The molecule has 2 nitrogen and oxygen atoms in total. The molecule has 1 unspecified atom stereocenters. The topological polar surface area (TPSA) is 32.3 Å². The summed E-state index contributed by atoms with van der Waals surface area (Å²) in [5.74, 6) is 0.367. The average molecular weight is 373 g/mol. The molecule has 2 aromatic rings. The highest BCUT2D eigenvalue weighted by Crippen LogP contribution is 2.41. The van der Waals surface area contributed by atoms with Crippen LogP contribution in [0.5, 0.6) is 5.75 Å². The first-order chi connectivity index (χ1) is 9.58. The van der Waals surface area contributed by atoms with Gasteiger partial charge < -0.3 is 10.4 Å². The van der Waals surface area contributed by atoms with Gasteiger partial charge in [-0.1, -0.05) is 35.3 Å². The predicted molar refractivity (Wildman–Crippen MR) is 87.0 cm³/mol. The number of hydrogen-bond acceptors (Lipinski definition) is 2. The van der Waals surface area contributed by atoms with Crippen LogP contribution in [0.3, 0.4) is 0 Å². The van der Waals surface area contributed by atoms with E-state index in [0.717, 1.165) is 34.1 Å². The van der Waals surface area contributed by atoms with Gasteiger partial charge in [-0.15, -0.1) is 0 Å². The molecule has 2 N–H and O–H groups in total. The van der Waals surface area contributed by atoms with Gasteiger partial charge in [-0.25, -0.2) is 0 Å². The van der Waals surface area contributed by atoms with Crippen LogP contribution in [0, 0.1) is 0 Å². The zero-order valence-electron chi connectivity index (χ0n) is 10.5. The molecular formula is C15H12BrCl2NO. The molecule has 0 bridgehead atoms. The largest absolute Gasteiger partial charge is 0.508 e. The van der Waals surface area contributed by atoms with Gasteiger partial charge >= 0.3 is 0 Å². The number of nitrogens with one attached hydrogen (secondary N) is 1. The van der Waals surface area contributed by atoms with Crippen LogP contribution in [-0.2, 0) is 6.42 Å². The average Bonchev–Trinajstić information content (AvgIpc) is 2.84. The molecule has 0 radical (unpaired) electrons. The maximum atomic E-state index is 9.87. The fraction of sp³-hybridized carbons (Fsp3) is 0.200. The van der Waals surface area contributed by atoms with Gasteiger partial charge in [0.2, 0.25) is 0 Å². The number of fused-ring (bicyclic) bond motifs is 1. The highest BCUT2D eigenvalue weighted by molar-refractivity contribution is 9.10. The molecule has 0 saturated heterocycles. The summed E-state index contributed by atoms with van der Waals surface area (Å²) >= 11 is 15.7. The second-order valence-electron chi connectivity index (χ2n) is 4.80. The Kier molecular flexibility index (Phi) is 3.85. The molecule has 0 spiro atoms.